The molecule has 31 heavy (non-hydrogen) atoms. The van der Waals surface area contributed by atoms with Crippen LogP contribution in [0.25, 0.3) is 0 Å². The van der Waals surface area contributed by atoms with Gasteiger partial charge in [-0.05, 0) is 63.3 Å². The maximum atomic E-state index is 13.0. The van der Waals surface area contributed by atoms with Gasteiger partial charge in [-0.3, -0.25) is 14.4 Å². The Hall–Kier alpha value is -3.09. The minimum atomic E-state index is -0.649. The van der Waals surface area contributed by atoms with E-state index in [-0.39, 0.29) is 29.7 Å². The molecule has 2 N–H and O–H groups in total. The van der Waals surface area contributed by atoms with Gasteiger partial charge in [-0.1, -0.05) is 24.6 Å². The van der Waals surface area contributed by atoms with Crippen LogP contribution in [0.5, 0.6) is 0 Å². The van der Waals surface area contributed by atoms with E-state index in [1.807, 2.05) is 32.9 Å². The Balaban J connectivity index is 1.69. The number of hydrogen-bond acceptors (Lipinski definition) is 4. The summed E-state index contributed by atoms with van der Waals surface area (Å²) in [5, 5.41) is 5.95. The number of furan rings is 1. The van der Waals surface area contributed by atoms with E-state index in [1.165, 1.54) is 6.26 Å². The Kier molecular flexibility index (Phi) is 7.50. The van der Waals surface area contributed by atoms with Crippen molar-refractivity contribution in [3.05, 3.63) is 59.5 Å². The molecule has 1 aliphatic heterocycles. The molecule has 2 heterocycles. The molecule has 0 unspecified atom stereocenters. The number of aryl methyl sites for hydroxylation is 1. The third-order valence-corrected chi connectivity index (χ3v) is 5.91. The number of piperidine rings is 1. The molecule has 0 aliphatic carbocycles. The lowest BCUT2D eigenvalue weighted by Crippen LogP contribution is -2.55. The smallest absolute Gasteiger partial charge is 0.289 e. The van der Waals surface area contributed by atoms with Crippen LogP contribution in [0.3, 0.4) is 0 Å². The first-order valence-corrected chi connectivity index (χ1v) is 10.9. The Labute approximate surface area is 183 Å². The van der Waals surface area contributed by atoms with Crippen molar-refractivity contribution >= 4 is 17.7 Å². The highest BCUT2D eigenvalue weighted by molar-refractivity contribution is 5.97. The van der Waals surface area contributed by atoms with Crippen molar-refractivity contribution in [3.63, 3.8) is 0 Å². The van der Waals surface area contributed by atoms with Gasteiger partial charge < -0.3 is 20.0 Å². The maximum absolute atomic E-state index is 13.0. The van der Waals surface area contributed by atoms with Crippen molar-refractivity contribution < 1.29 is 18.8 Å². The zero-order valence-corrected chi connectivity index (χ0v) is 18.4. The molecule has 2 atom stereocenters. The molecule has 1 fully saturated rings. The average Bonchev–Trinajstić information content (AvgIpc) is 3.32. The number of hydrogen-bond donors (Lipinski definition) is 2. The monoisotopic (exact) mass is 425 g/mol. The third-order valence-electron chi connectivity index (χ3n) is 5.91. The van der Waals surface area contributed by atoms with E-state index in [0.29, 0.717) is 37.3 Å². The summed E-state index contributed by atoms with van der Waals surface area (Å²) in [7, 11) is 0. The zero-order chi connectivity index (χ0) is 22.4. The summed E-state index contributed by atoms with van der Waals surface area (Å²) in [6.45, 7) is 6.93. The van der Waals surface area contributed by atoms with Gasteiger partial charge in [-0.15, -0.1) is 0 Å². The second kappa shape index (κ2) is 10.3. The molecule has 0 bridgehead atoms. The summed E-state index contributed by atoms with van der Waals surface area (Å²) in [5.74, 6) is -0.326. The van der Waals surface area contributed by atoms with Gasteiger partial charge in [0.15, 0.2) is 5.76 Å². The van der Waals surface area contributed by atoms with Crippen LogP contribution in [-0.4, -0.2) is 47.8 Å². The predicted molar refractivity (Wildman–Crippen MR) is 118 cm³/mol. The van der Waals surface area contributed by atoms with Gasteiger partial charge in [0.05, 0.1) is 6.26 Å². The van der Waals surface area contributed by atoms with E-state index in [1.54, 1.807) is 29.2 Å². The van der Waals surface area contributed by atoms with Gasteiger partial charge >= 0.3 is 0 Å². The van der Waals surface area contributed by atoms with Crippen LogP contribution in [0.1, 0.15) is 59.6 Å². The number of nitrogens with zero attached hydrogens (tertiary/aromatic N) is 1. The van der Waals surface area contributed by atoms with Crippen molar-refractivity contribution in [2.45, 2.75) is 52.1 Å². The molecule has 1 aliphatic rings. The molecule has 1 aromatic carbocycles. The van der Waals surface area contributed by atoms with Gasteiger partial charge in [-0.25, -0.2) is 0 Å². The lowest BCUT2D eigenvalue weighted by molar-refractivity contribution is -0.125. The van der Waals surface area contributed by atoms with Crippen molar-refractivity contribution in [2.75, 3.05) is 13.1 Å². The second-order valence-electron chi connectivity index (χ2n) is 8.24. The highest BCUT2D eigenvalue weighted by Crippen LogP contribution is 2.23. The highest BCUT2D eigenvalue weighted by atomic mass is 16.3. The normalized spacial score (nSPS) is 16.4. The molecule has 0 spiro atoms. The lowest BCUT2D eigenvalue weighted by atomic mass is 9.88. The van der Waals surface area contributed by atoms with Crippen LogP contribution >= 0.6 is 0 Å². The SMILES string of the molecule is CC[C@H](C)NC(=O)[C@@H](NC(=O)c1ccc(C)cc1)C1CCN(C(=O)c2ccco2)CC1. The second-order valence-corrected chi connectivity index (χ2v) is 8.24. The highest BCUT2D eigenvalue weighted by Gasteiger charge is 2.35. The summed E-state index contributed by atoms with van der Waals surface area (Å²) < 4.78 is 5.21. The molecule has 7 heteroatoms. The molecule has 1 saturated heterocycles. The Morgan fingerprint density at radius 3 is 2.35 bits per heavy atom. The number of benzene rings is 1. The van der Waals surface area contributed by atoms with E-state index in [4.69, 9.17) is 4.42 Å². The first-order valence-electron chi connectivity index (χ1n) is 10.9. The van der Waals surface area contributed by atoms with Gasteiger partial charge in [0, 0.05) is 24.7 Å². The molecular weight excluding hydrogens is 394 g/mol. The summed E-state index contributed by atoms with van der Waals surface area (Å²) in [4.78, 5) is 40.1. The maximum Gasteiger partial charge on any atom is 0.289 e. The number of amides is 3. The topological polar surface area (TPSA) is 91.7 Å². The minimum absolute atomic E-state index is 0.0203. The van der Waals surface area contributed by atoms with Crippen molar-refractivity contribution in [2.24, 2.45) is 5.92 Å². The number of carbonyl (C=O) groups excluding carboxylic acids is 3. The number of likely N-dealkylation sites (tertiary alicyclic amines) is 1. The molecule has 1 aromatic heterocycles. The van der Waals surface area contributed by atoms with Crippen LogP contribution in [0.2, 0.25) is 0 Å². The third kappa shape index (κ3) is 5.75. The number of rotatable bonds is 7. The molecule has 166 valence electrons. The average molecular weight is 426 g/mol. The Morgan fingerprint density at radius 1 is 1.10 bits per heavy atom. The van der Waals surface area contributed by atoms with E-state index in [2.05, 4.69) is 10.6 Å². The van der Waals surface area contributed by atoms with Crippen molar-refractivity contribution in [1.29, 1.82) is 0 Å². The fraction of sp³-hybridized carbons (Fsp3) is 0.458. The minimum Gasteiger partial charge on any atom is -0.459 e. The number of carbonyl (C=O) groups is 3. The molecular formula is C24H31N3O4. The summed E-state index contributed by atoms with van der Waals surface area (Å²) >= 11 is 0. The van der Waals surface area contributed by atoms with Crippen LogP contribution in [0.15, 0.2) is 47.1 Å². The Morgan fingerprint density at radius 2 is 1.77 bits per heavy atom. The molecule has 2 aromatic rings. The van der Waals surface area contributed by atoms with Gasteiger partial charge in [0.2, 0.25) is 5.91 Å². The molecule has 0 radical (unpaired) electrons. The van der Waals surface area contributed by atoms with Gasteiger partial charge in [-0.2, -0.15) is 0 Å². The Bertz CT molecular complexity index is 884. The predicted octanol–water partition coefficient (Wildman–Crippen LogP) is 3.15. The van der Waals surface area contributed by atoms with Crippen molar-refractivity contribution in [3.8, 4) is 0 Å². The van der Waals surface area contributed by atoms with Crippen molar-refractivity contribution in [1.82, 2.24) is 15.5 Å². The summed E-state index contributed by atoms with van der Waals surface area (Å²) in [5.41, 5.74) is 1.59. The summed E-state index contributed by atoms with van der Waals surface area (Å²) in [6.07, 6.45) is 3.54. The van der Waals surface area contributed by atoms with Crippen LogP contribution in [0.4, 0.5) is 0 Å². The van der Waals surface area contributed by atoms with Gasteiger partial charge in [0.1, 0.15) is 6.04 Å². The number of nitrogens with one attached hydrogen (secondary N) is 2. The quantitative estimate of drug-likeness (QED) is 0.713. The molecule has 3 rings (SSSR count). The largest absolute Gasteiger partial charge is 0.459 e. The van der Waals surface area contributed by atoms with Gasteiger partial charge in [0.25, 0.3) is 11.8 Å². The van der Waals surface area contributed by atoms with Crippen LogP contribution < -0.4 is 10.6 Å². The van der Waals surface area contributed by atoms with E-state index in [0.717, 1.165) is 12.0 Å². The fourth-order valence-corrected chi connectivity index (χ4v) is 3.75. The zero-order valence-electron chi connectivity index (χ0n) is 18.4. The van der Waals surface area contributed by atoms with Crippen LogP contribution in [-0.2, 0) is 4.79 Å². The first-order chi connectivity index (χ1) is 14.9. The van der Waals surface area contributed by atoms with E-state index in [9.17, 15) is 14.4 Å². The van der Waals surface area contributed by atoms with E-state index < -0.39 is 6.04 Å². The van der Waals surface area contributed by atoms with E-state index >= 15 is 0 Å². The van der Waals surface area contributed by atoms with Crippen LogP contribution in [0, 0.1) is 12.8 Å². The first kappa shape index (κ1) is 22.6. The molecule has 3 amide bonds. The fourth-order valence-electron chi connectivity index (χ4n) is 3.75. The molecule has 7 nitrogen and oxygen atoms in total. The summed E-state index contributed by atoms with van der Waals surface area (Å²) in [6, 6.07) is 9.99. The standard InChI is InChI=1S/C24H31N3O4/c1-4-17(3)25-23(29)21(26-22(28)19-9-7-16(2)8-10-19)18-11-13-27(14-12-18)24(30)20-6-5-15-31-20/h5-10,15,17-18,21H,4,11-14H2,1-3H3,(H,25,29)(H,26,28)/t17-,21-/m0/s1. The molecule has 0 saturated carbocycles. The lowest BCUT2D eigenvalue weighted by Gasteiger charge is -2.35.